The Labute approximate surface area is 96.5 Å². The summed E-state index contributed by atoms with van der Waals surface area (Å²) < 4.78 is 0. The standard InChI is InChI=1S/C13H17N3/c1-3-9(2)15-13-11(8-14)7-10-5-4-6-12(10)16-13/h7,9H,3-6H2,1-2H3,(H,15,16). The van der Waals surface area contributed by atoms with Gasteiger partial charge < -0.3 is 5.32 Å². The lowest BCUT2D eigenvalue weighted by Crippen LogP contribution is -2.16. The average Bonchev–Trinajstić information content (AvgIpc) is 2.74. The minimum Gasteiger partial charge on any atom is -0.367 e. The number of rotatable bonds is 3. The molecule has 0 amide bonds. The molecule has 0 saturated carbocycles. The molecule has 1 heterocycles. The molecule has 1 aromatic rings. The van der Waals surface area contributed by atoms with Crippen molar-refractivity contribution in [2.24, 2.45) is 0 Å². The van der Waals surface area contributed by atoms with Crippen LogP contribution in [0.15, 0.2) is 6.07 Å². The Morgan fingerprint density at radius 2 is 2.38 bits per heavy atom. The van der Waals surface area contributed by atoms with Crippen molar-refractivity contribution in [2.45, 2.75) is 45.6 Å². The zero-order chi connectivity index (χ0) is 11.5. The SMILES string of the molecule is CCC(C)Nc1nc2c(cc1C#N)CCC2. The van der Waals surface area contributed by atoms with Crippen LogP contribution < -0.4 is 5.32 Å². The van der Waals surface area contributed by atoms with E-state index >= 15 is 0 Å². The van der Waals surface area contributed by atoms with Crippen molar-refractivity contribution in [1.29, 1.82) is 5.26 Å². The molecule has 3 nitrogen and oxygen atoms in total. The Bertz CT molecular complexity index is 432. The normalized spacial score (nSPS) is 15.3. The number of aryl methyl sites for hydroxylation is 2. The number of anilines is 1. The predicted octanol–water partition coefficient (Wildman–Crippen LogP) is 2.65. The molecule has 1 aliphatic rings. The molecule has 0 bridgehead atoms. The van der Waals surface area contributed by atoms with Crippen LogP contribution in [0.4, 0.5) is 5.82 Å². The second-order valence-corrected chi connectivity index (χ2v) is 4.41. The highest BCUT2D eigenvalue weighted by Gasteiger charge is 2.16. The van der Waals surface area contributed by atoms with Gasteiger partial charge in [0.05, 0.1) is 5.56 Å². The van der Waals surface area contributed by atoms with Crippen molar-refractivity contribution in [2.75, 3.05) is 5.32 Å². The largest absolute Gasteiger partial charge is 0.367 e. The molecule has 2 rings (SSSR count). The highest BCUT2D eigenvalue weighted by molar-refractivity contribution is 5.55. The number of pyridine rings is 1. The zero-order valence-electron chi connectivity index (χ0n) is 9.88. The molecule has 1 unspecified atom stereocenters. The molecule has 1 atom stereocenters. The zero-order valence-corrected chi connectivity index (χ0v) is 9.88. The van der Waals surface area contributed by atoms with Gasteiger partial charge in [0.2, 0.25) is 0 Å². The molecule has 3 heteroatoms. The molecule has 0 spiro atoms. The van der Waals surface area contributed by atoms with Gasteiger partial charge in [-0.25, -0.2) is 4.98 Å². The third-order valence-corrected chi connectivity index (χ3v) is 3.17. The summed E-state index contributed by atoms with van der Waals surface area (Å²) in [6, 6.07) is 4.59. The maximum atomic E-state index is 9.11. The van der Waals surface area contributed by atoms with Crippen molar-refractivity contribution in [3.05, 3.63) is 22.9 Å². The van der Waals surface area contributed by atoms with Crippen LogP contribution in [0.5, 0.6) is 0 Å². The van der Waals surface area contributed by atoms with E-state index in [0.29, 0.717) is 11.6 Å². The number of nitrogens with one attached hydrogen (secondary N) is 1. The Kier molecular flexibility index (Phi) is 3.09. The second-order valence-electron chi connectivity index (χ2n) is 4.41. The lowest BCUT2D eigenvalue weighted by molar-refractivity contribution is 0.757. The van der Waals surface area contributed by atoms with Gasteiger partial charge in [-0.05, 0) is 44.2 Å². The van der Waals surface area contributed by atoms with Gasteiger partial charge in [-0.15, -0.1) is 0 Å². The van der Waals surface area contributed by atoms with Gasteiger partial charge in [0.25, 0.3) is 0 Å². The Morgan fingerprint density at radius 3 is 3.06 bits per heavy atom. The van der Waals surface area contributed by atoms with E-state index in [1.807, 2.05) is 6.07 Å². The number of fused-ring (bicyclic) bond motifs is 1. The van der Waals surface area contributed by atoms with Crippen LogP contribution in [-0.4, -0.2) is 11.0 Å². The Morgan fingerprint density at radius 1 is 1.56 bits per heavy atom. The topological polar surface area (TPSA) is 48.7 Å². The van der Waals surface area contributed by atoms with Crippen molar-refractivity contribution in [3.8, 4) is 6.07 Å². The van der Waals surface area contributed by atoms with Crippen LogP contribution in [0, 0.1) is 11.3 Å². The average molecular weight is 215 g/mol. The van der Waals surface area contributed by atoms with Crippen molar-refractivity contribution in [3.63, 3.8) is 0 Å². The monoisotopic (exact) mass is 215 g/mol. The number of hydrogen-bond donors (Lipinski definition) is 1. The molecule has 0 saturated heterocycles. The van der Waals surface area contributed by atoms with Crippen LogP contribution in [0.25, 0.3) is 0 Å². The van der Waals surface area contributed by atoms with Gasteiger partial charge in [-0.3, -0.25) is 0 Å². The fourth-order valence-corrected chi connectivity index (χ4v) is 2.00. The third kappa shape index (κ3) is 2.01. The molecule has 1 aromatic heterocycles. The summed E-state index contributed by atoms with van der Waals surface area (Å²) in [4.78, 5) is 4.58. The second kappa shape index (κ2) is 4.52. The maximum absolute atomic E-state index is 9.11. The molecular weight excluding hydrogens is 198 g/mol. The van der Waals surface area contributed by atoms with E-state index in [0.717, 1.165) is 25.1 Å². The molecule has 0 aromatic carbocycles. The van der Waals surface area contributed by atoms with E-state index in [2.05, 4.69) is 30.2 Å². The van der Waals surface area contributed by atoms with Gasteiger partial charge in [0, 0.05) is 11.7 Å². The summed E-state index contributed by atoms with van der Waals surface area (Å²) in [5, 5.41) is 12.4. The fraction of sp³-hybridized carbons (Fsp3) is 0.538. The molecule has 16 heavy (non-hydrogen) atoms. The minimum atomic E-state index is 0.360. The third-order valence-electron chi connectivity index (χ3n) is 3.17. The van der Waals surface area contributed by atoms with Gasteiger partial charge in [0.15, 0.2) is 0 Å². The van der Waals surface area contributed by atoms with Crippen LogP contribution in [0.3, 0.4) is 0 Å². The summed E-state index contributed by atoms with van der Waals surface area (Å²) in [6.45, 7) is 4.23. The van der Waals surface area contributed by atoms with Crippen molar-refractivity contribution in [1.82, 2.24) is 4.98 Å². The van der Waals surface area contributed by atoms with Crippen LogP contribution in [0.1, 0.15) is 43.5 Å². The number of hydrogen-bond acceptors (Lipinski definition) is 3. The van der Waals surface area contributed by atoms with Gasteiger partial charge >= 0.3 is 0 Å². The van der Waals surface area contributed by atoms with Crippen LogP contribution in [0.2, 0.25) is 0 Å². The Balaban J connectivity index is 2.33. The highest BCUT2D eigenvalue weighted by Crippen LogP contribution is 2.25. The van der Waals surface area contributed by atoms with Gasteiger partial charge in [-0.2, -0.15) is 5.26 Å². The van der Waals surface area contributed by atoms with E-state index in [4.69, 9.17) is 5.26 Å². The van der Waals surface area contributed by atoms with Crippen LogP contribution >= 0.6 is 0 Å². The lowest BCUT2D eigenvalue weighted by Gasteiger charge is -2.14. The van der Waals surface area contributed by atoms with E-state index in [9.17, 15) is 0 Å². The van der Waals surface area contributed by atoms with Crippen molar-refractivity contribution < 1.29 is 0 Å². The first kappa shape index (κ1) is 10.9. The number of nitrogens with zero attached hydrogens (tertiary/aromatic N) is 2. The summed E-state index contributed by atoms with van der Waals surface area (Å²) >= 11 is 0. The molecule has 1 aliphatic carbocycles. The smallest absolute Gasteiger partial charge is 0.144 e. The summed E-state index contributed by atoms with van der Waals surface area (Å²) in [5.74, 6) is 0.762. The molecule has 1 N–H and O–H groups in total. The number of aromatic nitrogens is 1. The van der Waals surface area contributed by atoms with E-state index < -0.39 is 0 Å². The first-order valence-electron chi connectivity index (χ1n) is 5.94. The Hall–Kier alpha value is -1.56. The summed E-state index contributed by atoms with van der Waals surface area (Å²) in [7, 11) is 0. The first-order chi connectivity index (χ1) is 7.74. The summed E-state index contributed by atoms with van der Waals surface area (Å²) in [6.07, 6.45) is 4.32. The number of nitriles is 1. The van der Waals surface area contributed by atoms with E-state index in [1.54, 1.807) is 0 Å². The van der Waals surface area contributed by atoms with Gasteiger partial charge in [-0.1, -0.05) is 6.92 Å². The minimum absolute atomic E-state index is 0.360. The van der Waals surface area contributed by atoms with Crippen LogP contribution in [-0.2, 0) is 12.8 Å². The fourth-order valence-electron chi connectivity index (χ4n) is 2.00. The molecule has 0 fully saturated rings. The maximum Gasteiger partial charge on any atom is 0.144 e. The lowest BCUT2D eigenvalue weighted by atomic mass is 10.1. The molecule has 0 radical (unpaired) electrons. The van der Waals surface area contributed by atoms with Crippen molar-refractivity contribution >= 4 is 5.82 Å². The highest BCUT2D eigenvalue weighted by atomic mass is 15.0. The molecule has 84 valence electrons. The van der Waals surface area contributed by atoms with Gasteiger partial charge in [0.1, 0.15) is 11.9 Å². The quantitative estimate of drug-likeness (QED) is 0.843. The van der Waals surface area contributed by atoms with E-state index in [1.165, 1.54) is 17.7 Å². The molecule has 0 aliphatic heterocycles. The summed E-state index contributed by atoms with van der Waals surface area (Å²) in [5.41, 5.74) is 3.11. The van der Waals surface area contributed by atoms with E-state index in [-0.39, 0.29) is 0 Å². The first-order valence-corrected chi connectivity index (χ1v) is 5.94. The predicted molar refractivity (Wildman–Crippen MR) is 64.4 cm³/mol. The molecular formula is C13H17N3.